The number of benzene rings is 1. The number of nitrogens with zero attached hydrogens (tertiary/aromatic N) is 1. The number of nitro benzene ring substituents is 1. The normalized spacial score (nSPS) is 21.0. The molecule has 7 heteroatoms. The second-order valence-electron chi connectivity index (χ2n) is 5.30. The molecule has 2 N–H and O–H groups in total. The molecule has 0 radical (unpaired) electrons. The minimum atomic E-state index is -0.867. The summed E-state index contributed by atoms with van der Waals surface area (Å²) in [7, 11) is 0. The van der Waals surface area contributed by atoms with Gasteiger partial charge in [-0.05, 0) is 37.8 Å². The van der Waals surface area contributed by atoms with Crippen molar-refractivity contribution in [2.45, 2.75) is 32.2 Å². The molecule has 0 spiro atoms. The molecule has 1 fully saturated rings. The molecule has 1 saturated carbocycles. The van der Waals surface area contributed by atoms with Crippen molar-refractivity contribution in [3.63, 3.8) is 0 Å². The van der Waals surface area contributed by atoms with Crippen LogP contribution in [0.1, 0.15) is 35.2 Å². The fourth-order valence-electron chi connectivity index (χ4n) is 2.59. The van der Waals surface area contributed by atoms with Gasteiger partial charge in [0, 0.05) is 12.1 Å². The minimum absolute atomic E-state index is 0.0128. The van der Waals surface area contributed by atoms with Crippen molar-refractivity contribution in [2.75, 3.05) is 0 Å². The van der Waals surface area contributed by atoms with Crippen LogP contribution in [0.5, 0.6) is 0 Å². The van der Waals surface area contributed by atoms with Gasteiger partial charge in [-0.15, -0.1) is 0 Å². The topological polar surface area (TPSA) is 110 Å². The number of carboxylic acid groups (broad SMARTS) is 1. The molecule has 0 saturated heterocycles. The molecule has 1 amide bonds. The van der Waals surface area contributed by atoms with E-state index in [4.69, 9.17) is 5.11 Å². The first-order valence-corrected chi connectivity index (χ1v) is 6.67. The highest BCUT2D eigenvalue weighted by Gasteiger charge is 2.31. The Hall–Kier alpha value is -2.44. The van der Waals surface area contributed by atoms with Gasteiger partial charge < -0.3 is 10.4 Å². The molecule has 0 bridgehead atoms. The average molecular weight is 292 g/mol. The van der Waals surface area contributed by atoms with Crippen LogP contribution in [0.15, 0.2) is 18.2 Å². The Balaban J connectivity index is 2.12. The first-order valence-electron chi connectivity index (χ1n) is 6.67. The number of carbonyl (C=O) groups is 2. The molecule has 1 aliphatic rings. The largest absolute Gasteiger partial charge is 0.481 e. The van der Waals surface area contributed by atoms with Crippen LogP contribution < -0.4 is 5.32 Å². The fraction of sp³-hybridized carbons (Fsp3) is 0.429. The van der Waals surface area contributed by atoms with E-state index >= 15 is 0 Å². The first kappa shape index (κ1) is 15.0. The highest BCUT2D eigenvalue weighted by molar-refractivity contribution is 5.98. The molecule has 7 nitrogen and oxygen atoms in total. The van der Waals surface area contributed by atoms with Gasteiger partial charge in [0.25, 0.3) is 11.6 Å². The van der Waals surface area contributed by atoms with Gasteiger partial charge >= 0.3 is 5.97 Å². The van der Waals surface area contributed by atoms with Crippen LogP contribution in [-0.2, 0) is 4.79 Å². The highest BCUT2D eigenvalue weighted by atomic mass is 16.6. The Bertz CT molecular complexity index is 599. The predicted octanol–water partition coefficient (Wildman–Crippen LogP) is 1.89. The Morgan fingerprint density at radius 2 is 2.10 bits per heavy atom. The molecule has 0 heterocycles. The number of aryl methyl sites for hydroxylation is 1. The second-order valence-corrected chi connectivity index (χ2v) is 5.30. The molecule has 2 rings (SSSR count). The number of carbonyl (C=O) groups excluding carboxylic acids is 1. The van der Waals surface area contributed by atoms with E-state index in [2.05, 4.69) is 5.32 Å². The van der Waals surface area contributed by atoms with Crippen molar-refractivity contribution in [3.05, 3.63) is 39.4 Å². The van der Waals surface area contributed by atoms with Gasteiger partial charge in [-0.2, -0.15) is 0 Å². The van der Waals surface area contributed by atoms with E-state index in [1.807, 2.05) is 0 Å². The van der Waals surface area contributed by atoms with Crippen LogP contribution in [0.25, 0.3) is 0 Å². The van der Waals surface area contributed by atoms with Gasteiger partial charge in [0.1, 0.15) is 5.56 Å². The monoisotopic (exact) mass is 292 g/mol. The van der Waals surface area contributed by atoms with Crippen LogP contribution >= 0.6 is 0 Å². The maximum Gasteiger partial charge on any atom is 0.306 e. The van der Waals surface area contributed by atoms with Crippen LogP contribution in [0.2, 0.25) is 0 Å². The summed E-state index contributed by atoms with van der Waals surface area (Å²) in [4.78, 5) is 33.5. The lowest BCUT2D eigenvalue weighted by molar-refractivity contribution is -0.385. The van der Waals surface area contributed by atoms with Gasteiger partial charge in [0.15, 0.2) is 0 Å². The molecule has 0 unspecified atom stereocenters. The number of hydrogen-bond donors (Lipinski definition) is 2. The number of rotatable bonds is 4. The summed E-state index contributed by atoms with van der Waals surface area (Å²) < 4.78 is 0. The third kappa shape index (κ3) is 3.36. The number of hydrogen-bond acceptors (Lipinski definition) is 4. The zero-order valence-corrected chi connectivity index (χ0v) is 11.5. The smallest absolute Gasteiger partial charge is 0.306 e. The minimum Gasteiger partial charge on any atom is -0.481 e. The quantitative estimate of drug-likeness (QED) is 0.650. The summed E-state index contributed by atoms with van der Waals surface area (Å²) in [5, 5.41) is 22.6. The molecule has 1 aromatic carbocycles. The number of amides is 1. The van der Waals surface area contributed by atoms with Crippen LogP contribution in [0.4, 0.5) is 5.69 Å². The number of nitro groups is 1. The lowest BCUT2D eigenvalue weighted by Crippen LogP contribution is -2.33. The van der Waals surface area contributed by atoms with Crippen molar-refractivity contribution in [1.29, 1.82) is 0 Å². The summed E-state index contributed by atoms with van der Waals surface area (Å²) in [6.07, 6.45) is 1.44. The number of carboxylic acids is 1. The highest BCUT2D eigenvalue weighted by Crippen LogP contribution is 2.27. The second kappa shape index (κ2) is 5.90. The molecule has 21 heavy (non-hydrogen) atoms. The van der Waals surface area contributed by atoms with Crippen LogP contribution in [0.3, 0.4) is 0 Å². The van der Waals surface area contributed by atoms with E-state index in [1.54, 1.807) is 13.0 Å². The van der Waals surface area contributed by atoms with Crippen molar-refractivity contribution < 1.29 is 19.6 Å². The molecule has 1 aliphatic carbocycles. The standard InChI is InChI=1S/C14H16N2O5/c1-8-2-5-12(16(20)21)11(6-8)13(17)15-10-4-3-9(7-10)14(18)19/h2,5-6,9-10H,3-4,7H2,1H3,(H,15,17)(H,18,19)/t9-,10+/m0/s1. The predicted molar refractivity (Wildman–Crippen MR) is 74.1 cm³/mol. The molecule has 112 valence electrons. The van der Waals surface area contributed by atoms with E-state index in [-0.39, 0.29) is 17.3 Å². The van der Waals surface area contributed by atoms with Crippen molar-refractivity contribution >= 4 is 17.6 Å². The summed E-state index contributed by atoms with van der Waals surface area (Å²) in [5.74, 6) is -1.85. The van der Waals surface area contributed by atoms with E-state index in [9.17, 15) is 19.7 Å². The van der Waals surface area contributed by atoms with Gasteiger partial charge in [0.2, 0.25) is 0 Å². The van der Waals surface area contributed by atoms with E-state index in [0.29, 0.717) is 19.3 Å². The van der Waals surface area contributed by atoms with Crippen molar-refractivity contribution in [3.8, 4) is 0 Å². The Labute approximate surface area is 121 Å². The third-order valence-electron chi connectivity index (χ3n) is 3.71. The number of nitrogens with one attached hydrogen (secondary N) is 1. The van der Waals surface area contributed by atoms with Crippen LogP contribution in [-0.4, -0.2) is 27.9 Å². The van der Waals surface area contributed by atoms with Gasteiger partial charge in [-0.25, -0.2) is 0 Å². The molecular formula is C14H16N2O5. The molecule has 0 aromatic heterocycles. The Kier molecular flexibility index (Phi) is 4.21. The fourth-order valence-corrected chi connectivity index (χ4v) is 2.59. The number of aliphatic carboxylic acids is 1. The Morgan fingerprint density at radius 3 is 2.67 bits per heavy atom. The zero-order chi connectivity index (χ0) is 15.6. The maximum atomic E-state index is 12.2. The first-order chi connectivity index (χ1) is 9.88. The SMILES string of the molecule is Cc1ccc([N+](=O)[O-])c(C(=O)N[C@@H]2CC[C@H](C(=O)O)C2)c1. The van der Waals surface area contributed by atoms with Crippen LogP contribution in [0, 0.1) is 23.0 Å². The summed E-state index contributed by atoms with van der Waals surface area (Å²) in [6.45, 7) is 1.75. The van der Waals surface area contributed by atoms with Crippen molar-refractivity contribution in [1.82, 2.24) is 5.32 Å². The van der Waals surface area contributed by atoms with E-state index in [1.165, 1.54) is 12.1 Å². The lowest BCUT2D eigenvalue weighted by atomic mass is 10.1. The third-order valence-corrected chi connectivity index (χ3v) is 3.71. The summed E-state index contributed by atoms with van der Waals surface area (Å²) >= 11 is 0. The van der Waals surface area contributed by atoms with Gasteiger partial charge in [-0.3, -0.25) is 19.7 Å². The summed E-state index contributed by atoms with van der Waals surface area (Å²) in [6, 6.07) is 4.10. The molecular weight excluding hydrogens is 276 g/mol. The molecule has 1 aromatic rings. The van der Waals surface area contributed by atoms with E-state index < -0.39 is 22.7 Å². The zero-order valence-electron chi connectivity index (χ0n) is 11.5. The lowest BCUT2D eigenvalue weighted by Gasteiger charge is -2.12. The maximum absolute atomic E-state index is 12.2. The van der Waals surface area contributed by atoms with Crippen molar-refractivity contribution in [2.24, 2.45) is 5.92 Å². The Morgan fingerprint density at radius 1 is 1.38 bits per heavy atom. The summed E-state index contributed by atoms with van der Waals surface area (Å²) in [5.41, 5.74) is 0.519. The van der Waals surface area contributed by atoms with Gasteiger partial charge in [0.05, 0.1) is 10.8 Å². The molecule has 2 atom stereocenters. The van der Waals surface area contributed by atoms with Gasteiger partial charge in [-0.1, -0.05) is 6.07 Å². The van der Waals surface area contributed by atoms with E-state index in [0.717, 1.165) is 5.56 Å². The molecule has 0 aliphatic heterocycles. The average Bonchev–Trinajstić information content (AvgIpc) is 2.86.